The molecule has 0 aliphatic heterocycles. The van der Waals surface area contributed by atoms with Gasteiger partial charge in [-0.05, 0) is 67.9 Å². The molecule has 3 fully saturated rings. The number of isocyanates is 1. The zero-order chi connectivity index (χ0) is 18.7. The molecule has 4 aliphatic carbocycles. The lowest BCUT2D eigenvalue weighted by molar-refractivity contribution is -0.143. The molecule has 0 aromatic rings. The van der Waals surface area contributed by atoms with Crippen molar-refractivity contribution in [2.75, 3.05) is 0 Å². The maximum absolute atomic E-state index is 13.4. The molecule has 26 heavy (non-hydrogen) atoms. The number of aliphatic imine (C=N–C) groups is 1. The summed E-state index contributed by atoms with van der Waals surface area (Å²) in [6.07, 6.45) is 11.7. The Morgan fingerprint density at radius 3 is 2.73 bits per heavy atom. The van der Waals surface area contributed by atoms with Gasteiger partial charge in [0.2, 0.25) is 6.08 Å². The van der Waals surface area contributed by atoms with Gasteiger partial charge in [0.15, 0.2) is 5.78 Å². The lowest BCUT2D eigenvalue weighted by Crippen LogP contribution is -2.54. The van der Waals surface area contributed by atoms with Crippen LogP contribution in [0.3, 0.4) is 0 Å². The summed E-state index contributed by atoms with van der Waals surface area (Å²) in [5.74, 6) is 1.48. The predicted octanol–water partition coefficient (Wildman–Crippen LogP) is 3.81. The molecule has 0 N–H and O–H groups in total. The van der Waals surface area contributed by atoms with E-state index in [1.807, 2.05) is 13.0 Å². The van der Waals surface area contributed by atoms with E-state index in [2.05, 4.69) is 18.8 Å². The van der Waals surface area contributed by atoms with E-state index in [1.165, 1.54) is 0 Å². The Labute approximate surface area is 154 Å². The summed E-state index contributed by atoms with van der Waals surface area (Å²) in [5, 5.41) is 0. The maximum Gasteiger partial charge on any atom is 0.235 e. The third-order valence-electron chi connectivity index (χ3n) is 8.16. The van der Waals surface area contributed by atoms with Gasteiger partial charge in [0.05, 0.1) is 6.04 Å². The lowest BCUT2D eigenvalue weighted by atomic mass is 9.47. The number of carbonyl (C=O) groups is 2. The van der Waals surface area contributed by atoms with E-state index in [1.54, 1.807) is 18.2 Å². The minimum atomic E-state index is -0.306. The molecular weight excluding hydrogens is 326 g/mol. The molecule has 0 saturated heterocycles. The molecule has 4 heteroatoms. The second kappa shape index (κ2) is 5.85. The van der Waals surface area contributed by atoms with E-state index in [-0.39, 0.29) is 34.5 Å². The van der Waals surface area contributed by atoms with E-state index >= 15 is 0 Å². The number of ketones is 2. The van der Waals surface area contributed by atoms with Crippen molar-refractivity contribution in [1.82, 2.24) is 0 Å². The molecule has 0 heterocycles. The highest BCUT2D eigenvalue weighted by Crippen LogP contribution is 2.65. The summed E-state index contributed by atoms with van der Waals surface area (Å²) < 4.78 is 0. The Bertz CT molecular complexity index is 774. The molecule has 3 saturated carbocycles. The van der Waals surface area contributed by atoms with Crippen molar-refractivity contribution in [3.8, 4) is 0 Å². The Balaban J connectivity index is 1.71. The molecule has 0 radical (unpaired) electrons. The topological polar surface area (TPSA) is 63.6 Å². The van der Waals surface area contributed by atoms with E-state index in [4.69, 9.17) is 0 Å². The van der Waals surface area contributed by atoms with Crippen molar-refractivity contribution in [1.29, 1.82) is 0 Å². The van der Waals surface area contributed by atoms with Crippen LogP contribution >= 0.6 is 0 Å². The normalized spacial score (nSPS) is 45.1. The SMILES string of the molecule is CC(N=C=O)[C@H]1CC[C@H]2[C@@H]3CCC4=CC(=O)C=C[C@]4(C)[C@H]3C(=O)C[C@]12C. The van der Waals surface area contributed by atoms with Gasteiger partial charge in [-0.15, -0.1) is 0 Å². The summed E-state index contributed by atoms with van der Waals surface area (Å²) in [6.45, 7) is 6.37. The first kappa shape index (κ1) is 17.6. The highest BCUT2D eigenvalue weighted by atomic mass is 16.1. The van der Waals surface area contributed by atoms with Crippen LogP contribution in [0.4, 0.5) is 0 Å². The van der Waals surface area contributed by atoms with Gasteiger partial charge in [-0.1, -0.05) is 25.5 Å². The van der Waals surface area contributed by atoms with Gasteiger partial charge in [0, 0.05) is 17.8 Å². The van der Waals surface area contributed by atoms with Crippen LogP contribution in [0.1, 0.15) is 52.9 Å². The summed E-state index contributed by atoms with van der Waals surface area (Å²) in [4.78, 5) is 40.0. The monoisotopic (exact) mass is 353 g/mol. The summed E-state index contributed by atoms with van der Waals surface area (Å²) in [5.41, 5.74) is 0.751. The second-order valence-electron chi connectivity index (χ2n) is 9.27. The fourth-order valence-electron chi connectivity index (χ4n) is 7.03. The van der Waals surface area contributed by atoms with Gasteiger partial charge in [-0.2, -0.15) is 0 Å². The zero-order valence-corrected chi connectivity index (χ0v) is 15.8. The quantitative estimate of drug-likeness (QED) is 0.560. The van der Waals surface area contributed by atoms with Gasteiger partial charge < -0.3 is 0 Å². The molecular formula is C22H27NO3. The second-order valence-corrected chi connectivity index (χ2v) is 9.27. The van der Waals surface area contributed by atoms with Gasteiger partial charge in [0.25, 0.3) is 0 Å². The van der Waals surface area contributed by atoms with Gasteiger partial charge in [0.1, 0.15) is 5.78 Å². The van der Waals surface area contributed by atoms with Crippen molar-refractivity contribution in [3.05, 3.63) is 23.8 Å². The highest BCUT2D eigenvalue weighted by molar-refractivity contribution is 6.01. The number of Topliss-reactive ketones (excluding diaryl/α,β-unsaturated/α-hetero) is 1. The molecule has 0 aromatic heterocycles. The highest BCUT2D eigenvalue weighted by Gasteiger charge is 2.62. The average Bonchev–Trinajstić information content (AvgIpc) is 2.92. The Morgan fingerprint density at radius 2 is 2.00 bits per heavy atom. The minimum absolute atomic E-state index is 0.0199. The molecule has 0 aromatic carbocycles. The first-order valence-corrected chi connectivity index (χ1v) is 9.85. The van der Waals surface area contributed by atoms with Crippen LogP contribution in [0, 0.1) is 34.5 Å². The molecule has 4 rings (SSSR count). The lowest BCUT2D eigenvalue weighted by Gasteiger charge is -2.56. The van der Waals surface area contributed by atoms with Crippen molar-refractivity contribution >= 4 is 17.6 Å². The Hall–Kier alpha value is -1.80. The molecule has 1 unspecified atom stereocenters. The maximum atomic E-state index is 13.4. The van der Waals surface area contributed by atoms with E-state index < -0.39 is 0 Å². The van der Waals surface area contributed by atoms with Crippen molar-refractivity contribution < 1.29 is 14.4 Å². The molecule has 7 atom stereocenters. The minimum Gasteiger partial charge on any atom is -0.299 e. The van der Waals surface area contributed by atoms with Crippen LogP contribution in [0.25, 0.3) is 0 Å². The standard InChI is InChI=1S/C22H27NO3/c1-13(23-12-24)17-6-7-18-16-5-4-14-10-15(25)8-9-21(14,2)20(16)19(26)11-22(17,18)3/h8-10,13,16-18,20H,4-7,11H2,1-3H3/t13?,16-,17+,18-,20+,21-,22+/m0/s1. The number of carbonyl (C=O) groups excluding carboxylic acids is 3. The van der Waals surface area contributed by atoms with Crippen LogP contribution in [0.15, 0.2) is 28.8 Å². The molecule has 4 aliphatic rings. The smallest absolute Gasteiger partial charge is 0.235 e. The van der Waals surface area contributed by atoms with Gasteiger partial charge in [-0.3, -0.25) is 9.59 Å². The van der Waals surface area contributed by atoms with E-state index in [9.17, 15) is 14.4 Å². The number of allylic oxidation sites excluding steroid dienone is 4. The molecule has 0 amide bonds. The number of hydrogen-bond acceptors (Lipinski definition) is 4. The van der Waals surface area contributed by atoms with Gasteiger partial charge >= 0.3 is 0 Å². The molecule has 0 spiro atoms. The summed E-state index contributed by atoms with van der Waals surface area (Å²) in [6, 6.07) is -0.0753. The fraction of sp³-hybridized carbons (Fsp3) is 0.682. The van der Waals surface area contributed by atoms with Crippen molar-refractivity contribution in [2.45, 2.75) is 58.9 Å². The Morgan fingerprint density at radius 1 is 1.23 bits per heavy atom. The Kier molecular flexibility index (Phi) is 3.96. The number of fused-ring (bicyclic) bond motifs is 5. The van der Waals surface area contributed by atoms with Crippen LogP contribution in [-0.2, 0) is 14.4 Å². The van der Waals surface area contributed by atoms with E-state index in [0.717, 1.165) is 31.3 Å². The largest absolute Gasteiger partial charge is 0.299 e. The summed E-state index contributed by atoms with van der Waals surface area (Å²) in [7, 11) is 0. The first-order valence-electron chi connectivity index (χ1n) is 9.85. The zero-order valence-electron chi connectivity index (χ0n) is 15.8. The molecule has 138 valence electrons. The first-order chi connectivity index (χ1) is 12.3. The van der Waals surface area contributed by atoms with Crippen LogP contribution < -0.4 is 0 Å². The third-order valence-corrected chi connectivity index (χ3v) is 8.16. The number of nitrogens with zero attached hydrogens (tertiary/aromatic N) is 1. The third kappa shape index (κ3) is 2.28. The number of hydrogen-bond donors (Lipinski definition) is 0. The van der Waals surface area contributed by atoms with Crippen LogP contribution in [0.5, 0.6) is 0 Å². The summed E-state index contributed by atoms with van der Waals surface area (Å²) >= 11 is 0. The predicted molar refractivity (Wildman–Crippen MR) is 98.1 cm³/mol. The van der Waals surface area contributed by atoms with Crippen molar-refractivity contribution in [2.24, 2.45) is 39.5 Å². The van der Waals surface area contributed by atoms with Crippen LogP contribution in [-0.4, -0.2) is 23.7 Å². The van der Waals surface area contributed by atoms with E-state index in [0.29, 0.717) is 24.0 Å². The van der Waals surface area contributed by atoms with Crippen LogP contribution in [0.2, 0.25) is 0 Å². The van der Waals surface area contributed by atoms with Crippen molar-refractivity contribution in [3.63, 3.8) is 0 Å². The molecule has 0 bridgehead atoms. The number of rotatable bonds is 2. The van der Waals surface area contributed by atoms with Gasteiger partial charge in [-0.25, -0.2) is 9.79 Å². The fourth-order valence-corrected chi connectivity index (χ4v) is 7.03. The average molecular weight is 353 g/mol. The molecule has 4 nitrogen and oxygen atoms in total.